The van der Waals surface area contributed by atoms with Crippen molar-refractivity contribution in [3.8, 4) is 17.2 Å². The van der Waals surface area contributed by atoms with Gasteiger partial charge in [-0.05, 0) is 66.2 Å². The molecule has 1 N–H and O–H groups in total. The number of benzene rings is 6. The highest BCUT2D eigenvalue weighted by Gasteiger charge is 2.21. The molecule has 4 heterocycles. The number of allylic oxidation sites excluding steroid dienone is 2. The van der Waals surface area contributed by atoms with E-state index in [2.05, 4.69) is 142 Å². The SMILES string of the molecule is N#Cc1ccc2c(c1)c1ccccc1n2C1C=CC(n2c3ccccc3c3cc(-c4cccc5c4oc4ccccc45)ccc32)=CN1. The smallest absolute Gasteiger partial charge is 0.143 e. The van der Waals surface area contributed by atoms with Gasteiger partial charge < -0.3 is 18.9 Å². The summed E-state index contributed by atoms with van der Waals surface area (Å²) in [5, 5.41) is 20.1. The van der Waals surface area contributed by atoms with E-state index < -0.39 is 0 Å². The van der Waals surface area contributed by atoms with Crippen molar-refractivity contribution in [2.24, 2.45) is 0 Å². The molecule has 47 heavy (non-hydrogen) atoms. The zero-order valence-electron chi connectivity index (χ0n) is 25.2. The summed E-state index contributed by atoms with van der Waals surface area (Å²) in [5.41, 5.74) is 10.3. The predicted molar refractivity (Wildman–Crippen MR) is 192 cm³/mol. The molecular weight excluding hydrogens is 576 g/mol. The number of aromatic nitrogens is 2. The van der Waals surface area contributed by atoms with Gasteiger partial charge in [-0.3, -0.25) is 0 Å². The molecule has 220 valence electrons. The second kappa shape index (κ2) is 9.74. The average Bonchev–Trinajstić information content (AvgIpc) is 3.79. The molecule has 10 rings (SSSR count). The Kier molecular flexibility index (Phi) is 5.34. The van der Waals surface area contributed by atoms with Gasteiger partial charge >= 0.3 is 0 Å². The van der Waals surface area contributed by atoms with Crippen molar-refractivity contribution in [3.63, 3.8) is 0 Å². The summed E-state index contributed by atoms with van der Waals surface area (Å²) in [5.74, 6) is 0. The summed E-state index contributed by atoms with van der Waals surface area (Å²) in [7, 11) is 0. The minimum Gasteiger partial charge on any atom is -0.455 e. The lowest BCUT2D eigenvalue weighted by atomic mass is 10.0. The van der Waals surface area contributed by atoms with Gasteiger partial charge in [0.05, 0.1) is 39.4 Å². The van der Waals surface area contributed by atoms with Crippen molar-refractivity contribution in [2.45, 2.75) is 6.17 Å². The minimum absolute atomic E-state index is 0.0851. The normalized spacial score (nSPS) is 14.8. The Morgan fingerprint density at radius 3 is 2.13 bits per heavy atom. The Bertz CT molecular complexity index is 2850. The fourth-order valence-electron chi connectivity index (χ4n) is 7.53. The van der Waals surface area contributed by atoms with Crippen molar-refractivity contribution >= 4 is 71.2 Å². The topological polar surface area (TPSA) is 58.8 Å². The molecule has 0 spiro atoms. The van der Waals surface area contributed by atoms with Crippen LogP contribution in [0.5, 0.6) is 0 Å². The van der Waals surface area contributed by atoms with E-state index in [9.17, 15) is 5.26 Å². The number of nitriles is 1. The van der Waals surface area contributed by atoms with E-state index in [0.29, 0.717) is 5.56 Å². The summed E-state index contributed by atoms with van der Waals surface area (Å²) in [6.07, 6.45) is 6.46. The van der Waals surface area contributed by atoms with E-state index in [1.54, 1.807) is 0 Å². The second-order valence-corrected chi connectivity index (χ2v) is 12.1. The summed E-state index contributed by atoms with van der Waals surface area (Å²) < 4.78 is 11.0. The Labute approximate surface area is 269 Å². The van der Waals surface area contributed by atoms with E-state index >= 15 is 0 Å². The molecule has 0 aliphatic carbocycles. The van der Waals surface area contributed by atoms with Crippen molar-refractivity contribution in [1.29, 1.82) is 5.26 Å². The number of nitrogens with zero attached hydrogens (tertiary/aromatic N) is 3. The standard InChI is InChI=1S/C42H26N4O/c43-24-26-16-19-39-34(22-26)30-8-2-5-14-37(30)46(39)41-21-18-28(25-44-41)45-36-13-4-1-9-31(36)35-23-27(17-20-38(35)45)29-11-7-12-33-32-10-3-6-15-40(32)47-42(29)33/h1-23,25,41,44H. The maximum Gasteiger partial charge on any atom is 0.143 e. The van der Waals surface area contributed by atoms with Crippen LogP contribution in [0.15, 0.2) is 150 Å². The van der Waals surface area contributed by atoms with Gasteiger partial charge in [0.2, 0.25) is 0 Å². The third-order valence-corrected chi connectivity index (χ3v) is 9.61. The van der Waals surface area contributed by atoms with E-state index in [0.717, 1.165) is 71.6 Å². The molecule has 1 aliphatic rings. The maximum absolute atomic E-state index is 9.54. The first-order valence-corrected chi connectivity index (χ1v) is 15.8. The first kappa shape index (κ1) is 25.8. The van der Waals surface area contributed by atoms with E-state index in [1.165, 1.54) is 10.8 Å². The predicted octanol–water partition coefficient (Wildman–Crippen LogP) is 10.5. The minimum atomic E-state index is -0.0851. The van der Waals surface area contributed by atoms with Crippen LogP contribution in [0.25, 0.3) is 82.4 Å². The fraction of sp³-hybridized carbons (Fsp3) is 0.0238. The number of furan rings is 1. The summed E-state index contributed by atoms with van der Waals surface area (Å²) in [6, 6.07) is 46.6. The second-order valence-electron chi connectivity index (χ2n) is 12.1. The van der Waals surface area contributed by atoms with Crippen molar-refractivity contribution in [3.05, 3.63) is 151 Å². The summed E-state index contributed by atoms with van der Waals surface area (Å²) in [6.45, 7) is 0. The Balaban J connectivity index is 1.09. The summed E-state index contributed by atoms with van der Waals surface area (Å²) >= 11 is 0. The third-order valence-electron chi connectivity index (χ3n) is 9.61. The quantitative estimate of drug-likeness (QED) is 0.219. The average molecular weight is 603 g/mol. The first-order valence-electron chi connectivity index (χ1n) is 15.8. The monoisotopic (exact) mass is 602 g/mol. The molecule has 0 radical (unpaired) electrons. The highest BCUT2D eigenvalue weighted by molar-refractivity contribution is 6.14. The molecule has 6 aromatic carbocycles. The molecule has 1 aliphatic heterocycles. The van der Waals surface area contributed by atoms with Crippen LogP contribution < -0.4 is 5.32 Å². The molecule has 0 saturated heterocycles. The van der Waals surface area contributed by atoms with Gasteiger partial charge in [-0.25, -0.2) is 0 Å². The summed E-state index contributed by atoms with van der Waals surface area (Å²) in [4.78, 5) is 0. The van der Waals surface area contributed by atoms with Gasteiger partial charge in [-0.15, -0.1) is 0 Å². The van der Waals surface area contributed by atoms with Gasteiger partial charge in [-0.1, -0.05) is 78.9 Å². The Hall–Kier alpha value is -6.51. The molecule has 3 aromatic heterocycles. The van der Waals surface area contributed by atoms with Gasteiger partial charge in [-0.2, -0.15) is 5.26 Å². The Morgan fingerprint density at radius 1 is 0.617 bits per heavy atom. The maximum atomic E-state index is 9.54. The number of dihydropyridines is 1. The number of fused-ring (bicyclic) bond motifs is 9. The van der Waals surface area contributed by atoms with Crippen LogP contribution in [0.2, 0.25) is 0 Å². The van der Waals surface area contributed by atoms with Crippen LogP contribution in [-0.2, 0) is 0 Å². The lowest BCUT2D eigenvalue weighted by molar-refractivity contribution is 0.577. The van der Waals surface area contributed by atoms with Gasteiger partial charge in [0.25, 0.3) is 0 Å². The van der Waals surface area contributed by atoms with Crippen molar-refractivity contribution < 1.29 is 4.42 Å². The van der Waals surface area contributed by atoms with Gasteiger partial charge in [0.15, 0.2) is 0 Å². The zero-order valence-corrected chi connectivity index (χ0v) is 25.2. The fourth-order valence-corrected chi connectivity index (χ4v) is 7.53. The molecule has 1 unspecified atom stereocenters. The molecule has 5 heteroatoms. The lowest BCUT2D eigenvalue weighted by Gasteiger charge is -2.23. The van der Waals surface area contributed by atoms with E-state index in [4.69, 9.17) is 4.42 Å². The molecule has 0 saturated carbocycles. The van der Waals surface area contributed by atoms with Crippen LogP contribution in [0, 0.1) is 11.3 Å². The molecule has 0 amide bonds. The highest BCUT2D eigenvalue weighted by atomic mass is 16.3. The molecular formula is C42H26N4O. The van der Waals surface area contributed by atoms with E-state index in [-0.39, 0.29) is 6.17 Å². The molecule has 1 atom stereocenters. The number of nitrogens with one attached hydrogen (secondary N) is 1. The van der Waals surface area contributed by atoms with Crippen LogP contribution >= 0.6 is 0 Å². The number of para-hydroxylation sites is 4. The molecule has 5 nitrogen and oxygen atoms in total. The number of rotatable bonds is 3. The number of hydrogen-bond acceptors (Lipinski definition) is 3. The molecule has 0 bridgehead atoms. The van der Waals surface area contributed by atoms with Gasteiger partial charge in [0.1, 0.15) is 17.3 Å². The van der Waals surface area contributed by atoms with Crippen LogP contribution in [-0.4, -0.2) is 9.13 Å². The largest absolute Gasteiger partial charge is 0.455 e. The van der Waals surface area contributed by atoms with Crippen LogP contribution in [0.4, 0.5) is 0 Å². The van der Waals surface area contributed by atoms with Gasteiger partial charge in [0, 0.05) is 44.1 Å². The van der Waals surface area contributed by atoms with E-state index in [1.807, 2.05) is 24.3 Å². The third kappa shape index (κ3) is 3.70. The Morgan fingerprint density at radius 2 is 1.30 bits per heavy atom. The number of hydrogen-bond donors (Lipinski definition) is 1. The first-order chi connectivity index (χ1) is 23.3. The van der Waals surface area contributed by atoms with Crippen LogP contribution in [0.3, 0.4) is 0 Å². The van der Waals surface area contributed by atoms with Crippen molar-refractivity contribution in [1.82, 2.24) is 14.5 Å². The van der Waals surface area contributed by atoms with Crippen LogP contribution in [0.1, 0.15) is 11.7 Å². The molecule has 0 fully saturated rings. The highest BCUT2D eigenvalue weighted by Crippen LogP contribution is 2.40. The van der Waals surface area contributed by atoms with Crippen molar-refractivity contribution in [2.75, 3.05) is 0 Å². The molecule has 9 aromatic rings. The lowest BCUT2D eigenvalue weighted by Crippen LogP contribution is -2.23. The zero-order chi connectivity index (χ0) is 31.1.